The number of rotatable bonds is 9. The Balaban J connectivity index is 1.72. The standard InChI is InChI=1S/C30H34F4N2/c1-30(17-7-4-8-18-30)19-20-36(29-25(33)15-10-16-26(29)34)21-27(22-11-5-3-6-12-22)35(2)28-23(31)13-9-14-24(28)32/h3,5-6,9-16,27H,4,7-8,17-21H2,1-2H3. The molecule has 0 radical (unpaired) electrons. The van der Waals surface area contributed by atoms with Crippen molar-refractivity contribution < 1.29 is 17.6 Å². The Kier molecular flexibility index (Phi) is 8.22. The van der Waals surface area contributed by atoms with Crippen LogP contribution >= 0.6 is 0 Å². The number of para-hydroxylation sites is 2. The summed E-state index contributed by atoms with van der Waals surface area (Å²) in [5.74, 6) is -2.65. The van der Waals surface area contributed by atoms with Gasteiger partial charge in [-0.15, -0.1) is 0 Å². The molecule has 4 rings (SSSR count). The van der Waals surface area contributed by atoms with Crippen molar-refractivity contribution in [1.29, 1.82) is 0 Å². The van der Waals surface area contributed by atoms with Gasteiger partial charge >= 0.3 is 0 Å². The van der Waals surface area contributed by atoms with Gasteiger partial charge in [0.15, 0.2) is 0 Å². The Morgan fingerprint density at radius 2 is 1.25 bits per heavy atom. The summed E-state index contributed by atoms with van der Waals surface area (Å²) in [4.78, 5) is 3.26. The van der Waals surface area contributed by atoms with Crippen molar-refractivity contribution in [3.8, 4) is 0 Å². The maximum atomic E-state index is 15.1. The average Bonchev–Trinajstić information content (AvgIpc) is 2.86. The minimum Gasteiger partial charge on any atom is -0.364 e. The molecule has 3 aromatic rings. The monoisotopic (exact) mass is 498 g/mol. The number of likely N-dealkylation sites (N-methyl/N-ethyl adjacent to an activating group) is 1. The topological polar surface area (TPSA) is 6.48 Å². The van der Waals surface area contributed by atoms with Crippen molar-refractivity contribution in [3.63, 3.8) is 0 Å². The zero-order valence-electron chi connectivity index (χ0n) is 21.0. The molecular formula is C30H34F4N2. The molecule has 1 aliphatic carbocycles. The lowest BCUT2D eigenvalue weighted by atomic mass is 9.73. The van der Waals surface area contributed by atoms with Gasteiger partial charge in [-0.25, -0.2) is 17.6 Å². The number of halogens is 4. The lowest BCUT2D eigenvalue weighted by Crippen LogP contribution is -2.40. The van der Waals surface area contributed by atoms with E-state index >= 15 is 8.78 Å². The third-order valence-corrected chi connectivity index (χ3v) is 7.64. The van der Waals surface area contributed by atoms with Crippen LogP contribution in [0.4, 0.5) is 28.9 Å². The Labute approximate surface area is 211 Å². The highest BCUT2D eigenvalue weighted by Gasteiger charge is 2.31. The fourth-order valence-corrected chi connectivity index (χ4v) is 5.46. The van der Waals surface area contributed by atoms with Crippen molar-refractivity contribution in [1.82, 2.24) is 0 Å². The number of hydrogen-bond donors (Lipinski definition) is 0. The number of anilines is 2. The van der Waals surface area contributed by atoms with Gasteiger partial charge in [0.25, 0.3) is 0 Å². The molecule has 0 spiro atoms. The van der Waals surface area contributed by atoms with Crippen molar-refractivity contribution in [2.24, 2.45) is 5.41 Å². The molecular weight excluding hydrogens is 464 g/mol. The van der Waals surface area contributed by atoms with E-state index in [1.807, 2.05) is 30.3 Å². The highest BCUT2D eigenvalue weighted by Crippen LogP contribution is 2.40. The fourth-order valence-electron chi connectivity index (χ4n) is 5.46. The normalized spacial score (nSPS) is 15.9. The van der Waals surface area contributed by atoms with E-state index in [4.69, 9.17) is 0 Å². The zero-order valence-corrected chi connectivity index (χ0v) is 21.0. The van der Waals surface area contributed by atoms with E-state index in [1.165, 1.54) is 47.7 Å². The third kappa shape index (κ3) is 5.85. The molecule has 0 aliphatic heterocycles. The molecule has 0 N–H and O–H groups in total. The van der Waals surface area contributed by atoms with Crippen LogP contribution in [0.2, 0.25) is 0 Å². The maximum absolute atomic E-state index is 15.1. The summed E-state index contributed by atoms with van der Waals surface area (Å²) in [6, 6.07) is 16.4. The van der Waals surface area contributed by atoms with Crippen molar-refractivity contribution in [2.75, 3.05) is 29.9 Å². The Morgan fingerprint density at radius 3 is 1.81 bits per heavy atom. The average molecular weight is 499 g/mol. The molecule has 0 aromatic heterocycles. The van der Waals surface area contributed by atoms with Gasteiger partial charge in [0.05, 0.1) is 6.04 Å². The SMILES string of the molecule is CN(c1c(F)cccc1F)C(CN(CCC1(C)CCCCC1)c1c(F)cccc1F)c1ccccc1. The van der Waals surface area contributed by atoms with Gasteiger partial charge in [-0.2, -0.15) is 0 Å². The van der Waals surface area contributed by atoms with E-state index in [1.54, 1.807) is 11.9 Å². The molecule has 6 heteroatoms. The van der Waals surface area contributed by atoms with E-state index in [-0.39, 0.29) is 23.3 Å². The molecule has 0 saturated heterocycles. The second kappa shape index (κ2) is 11.4. The summed E-state index contributed by atoms with van der Waals surface area (Å²) in [6.45, 7) is 2.84. The zero-order chi connectivity index (χ0) is 25.7. The van der Waals surface area contributed by atoms with E-state index in [0.717, 1.165) is 37.7 Å². The fraction of sp³-hybridized carbons (Fsp3) is 0.400. The molecule has 0 bridgehead atoms. The van der Waals surface area contributed by atoms with Gasteiger partial charge in [-0.05, 0) is 54.5 Å². The van der Waals surface area contributed by atoms with Gasteiger partial charge in [0.1, 0.15) is 34.6 Å². The predicted molar refractivity (Wildman–Crippen MR) is 138 cm³/mol. The van der Waals surface area contributed by atoms with Crippen LogP contribution in [0.1, 0.15) is 57.1 Å². The molecule has 0 amide bonds. The lowest BCUT2D eigenvalue weighted by Gasteiger charge is -2.39. The Bertz CT molecular complexity index is 1100. The third-order valence-electron chi connectivity index (χ3n) is 7.64. The highest BCUT2D eigenvalue weighted by molar-refractivity contribution is 5.54. The molecule has 3 aromatic carbocycles. The van der Waals surface area contributed by atoms with Crippen LogP contribution < -0.4 is 9.80 Å². The van der Waals surface area contributed by atoms with Gasteiger partial charge in [0, 0.05) is 20.1 Å². The van der Waals surface area contributed by atoms with Crippen molar-refractivity contribution in [2.45, 2.75) is 51.5 Å². The van der Waals surface area contributed by atoms with Crippen molar-refractivity contribution in [3.05, 3.63) is 95.6 Å². The summed E-state index contributed by atoms with van der Waals surface area (Å²) in [7, 11) is 1.62. The van der Waals surface area contributed by atoms with Gasteiger partial charge in [0.2, 0.25) is 0 Å². The first kappa shape index (κ1) is 26.1. The van der Waals surface area contributed by atoms with Gasteiger partial charge < -0.3 is 9.80 Å². The van der Waals surface area contributed by atoms with E-state index < -0.39 is 29.3 Å². The Hall–Kier alpha value is -3.02. The molecule has 0 heterocycles. The molecule has 1 unspecified atom stereocenters. The molecule has 192 valence electrons. The summed E-state index contributed by atoms with van der Waals surface area (Å²) >= 11 is 0. The van der Waals surface area contributed by atoms with Crippen LogP contribution in [0, 0.1) is 28.7 Å². The van der Waals surface area contributed by atoms with E-state index in [0.29, 0.717) is 6.54 Å². The number of nitrogens with zero attached hydrogens (tertiary/aromatic N) is 2. The first-order chi connectivity index (χ1) is 17.3. The second-order valence-electron chi connectivity index (χ2n) is 10.2. The van der Waals surface area contributed by atoms with Crippen LogP contribution in [0.3, 0.4) is 0 Å². The quantitative estimate of drug-likeness (QED) is 0.274. The van der Waals surface area contributed by atoms with Gasteiger partial charge in [-0.3, -0.25) is 0 Å². The minimum absolute atomic E-state index is 0.0970. The molecule has 1 fully saturated rings. The van der Waals surface area contributed by atoms with Crippen LogP contribution in [0.15, 0.2) is 66.7 Å². The van der Waals surface area contributed by atoms with E-state index in [9.17, 15) is 8.78 Å². The van der Waals surface area contributed by atoms with Crippen LogP contribution in [0.25, 0.3) is 0 Å². The lowest BCUT2D eigenvalue weighted by molar-refractivity contribution is 0.201. The first-order valence-corrected chi connectivity index (χ1v) is 12.7. The smallest absolute Gasteiger partial charge is 0.149 e. The number of benzene rings is 3. The van der Waals surface area contributed by atoms with Crippen LogP contribution in [0.5, 0.6) is 0 Å². The summed E-state index contributed by atoms with van der Waals surface area (Å²) in [5.41, 5.74) is 0.636. The van der Waals surface area contributed by atoms with E-state index in [2.05, 4.69) is 6.92 Å². The first-order valence-electron chi connectivity index (χ1n) is 12.7. The number of hydrogen-bond acceptors (Lipinski definition) is 2. The summed E-state index contributed by atoms with van der Waals surface area (Å²) < 4.78 is 59.7. The van der Waals surface area contributed by atoms with Crippen LogP contribution in [-0.2, 0) is 0 Å². The molecule has 1 saturated carbocycles. The Morgan fingerprint density at radius 1 is 0.722 bits per heavy atom. The van der Waals surface area contributed by atoms with Gasteiger partial charge in [-0.1, -0.05) is 68.7 Å². The molecule has 1 atom stereocenters. The summed E-state index contributed by atoms with van der Waals surface area (Å²) in [6.07, 6.45) is 6.49. The summed E-state index contributed by atoms with van der Waals surface area (Å²) in [5, 5.41) is 0. The van der Waals surface area contributed by atoms with Crippen LogP contribution in [-0.4, -0.2) is 20.1 Å². The molecule has 2 nitrogen and oxygen atoms in total. The molecule has 1 aliphatic rings. The largest absolute Gasteiger partial charge is 0.364 e. The predicted octanol–water partition coefficient (Wildman–Crippen LogP) is 8.29. The minimum atomic E-state index is -0.684. The van der Waals surface area contributed by atoms with Crippen molar-refractivity contribution >= 4 is 11.4 Å². The highest BCUT2D eigenvalue weighted by atomic mass is 19.1. The molecule has 36 heavy (non-hydrogen) atoms. The maximum Gasteiger partial charge on any atom is 0.149 e. The second-order valence-corrected chi connectivity index (χ2v) is 10.2.